The zero-order valence-corrected chi connectivity index (χ0v) is 18.8. The van der Waals surface area contributed by atoms with Gasteiger partial charge in [-0.1, -0.05) is 25.8 Å². The molecule has 0 spiro atoms. The summed E-state index contributed by atoms with van der Waals surface area (Å²) in [7, 11) is 0. The van der Waals surface area contributed by atoms with Gasteiger partial charge in [0.1, 0.15) is 11.2 Å². The van der Waals surface area contributed by atoms with Gasteiger partial charge < -0.3 is 14.8 Å². The van der Waals surface area contributed by atoms with Crippen LogP contribution in [0.5, 0.6) is 0 Å². The molecule has 31 heavy (non-hydrogen) atoms. The van der Waals surface area contributed by atoms with Crippen LogP contribution in [-0.2, 0) is 17.9 Å². The van der Waals surface area contributed by atoms with E-state index in [0.29, 0.717) is 24.7 Å². The van der Waals surface area contributed by atoms with E-state index in [0.717, 1.165) is 35.0 Å². The molecule has 0 aromatic carbocycles. The molecule has 3 unspecified atom stereocenters. The van der Waals surface area contributed by atoms with Crippen LogP contribution in [0.3, 0.4) is 0 Å². The van der Waals surface area contributed by atoms with Crippen LogP contribution in [0, 0.1) is 5.92 Å². The summed E-state index contributed by atoms with van der Waals surface area (Å²) in [5.41, 5.74) is 1.62. The largest absolute Gasteiger partial charge is 0.351 e. The van der Waals surface area contributed by atoms with E-state index in [4.69, 9.17) is 0 Å². The summed E-state index contributed by atoms with van der Waals surface area (Å²) in [5, 5.41) is 5.35. The van der Waals surface area contributed by atoms with E-state index in [9.17, 15) is 9.59 Å². The Hall–Kier alpha value is -2.67. The van der Waals surface area contributed by atoms with E-state index in [2.05, 4.69) is 17.2 Å². The van der Waals surface area contributed by atoms with Gasteiger partial charge in [-0.3, -0.25) is 14.6 Å². The monoisotopic (exact) mass is 436 g/mol. The van der Waals surface area contributed by atoms with E-state index >= 15 is 0 Å². The molecule has 7 heteroatoms. The van der Waals surface area contributed by atoms with Crippen LogP contribution in [0.2, 0.25) is 0 Å². The molecule has 1 aliphatic carbocycles. The molecular formula is C24H28N4O2S. The molecule has 162 valence electrons. The fourth-order valence-electron chi connectivity index (χ4n) is 5.05. The molecule has 1 N–H and O–H groups in total. The van der Waals surface area contributed by atoms with Crippen LogP contribution in [-0.4, -0.2) is 37.8 Å². The van der Waals surface area contributed by atoms with Crippen molar-refractivity contribution in [1.82, 2.24) is 19.8 Å². The molecule has 3 atom stereocenters. The summed E-state index contributed by atoms with van der Waals surface area (Å²) in [5.74, 6) is 0.289. The van der Waals surface area contributed by atoms with Gasteiger partial charge >= 0.3 is 0 Å². The molecule has 2 aliphatic rings. The van der Waals surface area contributed by atoms with Crippen molar-refractivity contribution in [2.24, 2.45) is 5.92 Å². The molecule has 5 rings (SSSR count). The normalized spacial score (nSPS) is 26.1. The number of nitrogens with zero attached hydrogens (tertiary/aromatic N) is 3. The second-order valence-corrected chi connectivity index (χ2v) is 10.1. The number of rotatable bonds is 4. The number of aromatic nitrogens is 2. The van der Waals surface area contributed by atoms with Gasteiger partial charge in [0.2, 0.25) is 5.91 Å². The van der Waals surface area contributed by atoms with Crippen LogP contribution in [0.1, 0.15) is 55.6 Å². The highest BCUT2D eigenvalue weighted by Gasteiger charge is 2.48. The molecule has 0 radical (unpaired) electrons. The minimum atomic E-state index is -0.981. The van der Waals surface area contributed by atoms with Crippen LogP contribution in [0.25, 0.3) is 10.2 Å². The topological polar surface area (TPSA) is 67.2 Å². The summed E-state index contributed by atoms with van der Waals surface area (Å²) >= 11 is 1.62. The zero-order valence-electron chi connectivity index (χ0n) is 18.0. The SMILES string of the molecule is CC1CCCCC1NC(=O)C1(C)Cn2c(cc3sccc32)C(=O)N1Cc1cccnc1. The third kappa shape index (κ3) is 3.45. The standard InChI is InChI=1S/C24H28N4O2S/c1-16-6-3-4-8-18(16)26-23(30)24(2)15-27-19-9-11-31-21(19)12-20(27)22(29)28(24)14-17-7-5-10-25-13-17/h5,7,9-13,16,18H,3-4,6,8,14-15H2,1-2H3,(H,26,30). The number of carbonyl (C=O) groups is 2. The first-order valence-corrected chi connectivity index (χ1v) is 11.9. The van der Waals surface area contributed by atoms with Gasteiger partial charge in [0.05, 0.1) is 16.8 Å². The van der Waals surface area contributed by atoms with Gasteiger partial charge in [-0.25, -0.2) is 0 Å². The Bertz CT molecular complexity index is 1120. The van der Waals surface area contributed by atoms with Crippen molar-refractivity contribution in [2.45, 2.75) is 64.2 Å². The maximum absolute atomic E-state index is 13.8. The summed E-state index contributed by atoms with van der Waals surface area (Å²) in [4.78, 5) is 33.4. The van der Waals surface area contributed by atoms with Crippen molar-refractivity contribution in [2.75, 3.05) is 0 Å². The highest BCUT2D eigenvalue weighted by Crippen LogP contribution is 2.35. The average molecular weight is 437 g/mol. The number of nitrogens with one attached hydrogen (secondary N) is 1. The lowest BCUT2D eigenvalue weighted by Crippen LogP contribution is -2.65. The quantitative estimate of drug-likeness (QED) is 0.666. The molecule has 3 aromatic heterocycles. The Labute approximate surface area is 186 Å². The highest BCUT2D eigenvalue weighted by atomic mass is 32.1. The highest BCUT2D eigenvalue weighted by molar-refractivity contribution is 7.17. The predicted octanol–water partition coefficient (Wildman–Crippen LogP) is 4.21. The molecule has 6 nitrogen and oxygen atoms in total. The van der Waals surface area contributed by atoms with Crippen LogP contribution >= 0.6 is 11.3 Å². The number of amides is 2. The van der Waals surface area contributed by atoms with Gasteiger partial charge in [-0.2, -0.15) is 0 Å². The number of fused-ring (bicyclic) bond motifs is 3. The molecular weight excluding hydrogens is 408 g/mol. The Morgan fingerprint density at radius 3 is 2.94 bits per heavy atom. The van der Waals surface area contributed by atoms with Crippen molar-refractivity contribution in [1.29, 1.82) is 0 Å². The second-order valence-electron chi connectivity index (χ2n) is 9.15. The molecule has 0 saturated heterocycles. The lowest BCUT2D eigenvalue weighted by Gasteiger charge is -2.45. The lowest BCUT2D eigenvalue weighted by molar-refractivity contribution is -0.134. The van der Waals surface area contributed by atoms with Gasteiger partial charge in [-0.05, 0) is 54.8 Å². The minimum absolute atomic E-state index is 0.0637. The van der Waals surface area contributed by atoms with Crippen molar-refractivity contribution in [3.05, 3.63) is 53.3 Å². The fourth-order valence-corrected chi connectivity index (χ4v) is 5.87. The molecule has 3 aromatic rings. The van der Waals surface area contributed by atoms with Gasteiger partial charge in [0.15, 0.2) is 0 Å². The molecule has 1 fully saturated rings. The Balaban J connectivity index is 1.53. The summed E-state index contributed by atoms with van der Waals surface area (Å²) < 4.78 is 3.10. The molecule has 1 aliphatic heterocycles. The van der Waals surface area contributed by atoms with E-state index in [1.807, 2.05) is 41.1 Å². The van der Waals surface area contributed by atoms with Crippen LogP contribution in [0.15, 0.2) is 42.0 Å². The predicted molar refractivity (Wildman–Crippen MR) is 122 cm³/mol. The van der Waals surface area contributed by atoms with Crippen molar-refractivity contribution in [3.63, 3.8) is 0 Å². The van der Waals surface area contributed by atoms with Crippen molar-refractivity contribution >= 4 is 33.4 Å². The van der Waals surface area contributed by atoms with E-state index in [1.54, 1.807) is 28.6 Å². The molecule has 0 bridgehead atoms. The van der Waals surface area contributed by atoms with Crippen molar-refractivity contribution in [3.8, 4) is 0 Å². The third-order valence-corrected chi connectivity index (χ3v) is 7.88. The van der Waals surface area contributed by atoms with E-state index in [-0.39, 0.29) is 17.9 Å². The second kappa shape index (κ2) is 7.79. The minimum Gasteiger partial charge on any atom is -0.351 e. The summed E-state index contributed by atoms with van der Waals surface area (Å²) in [6, 6.07) is 7.98. The van der Waals surface area contributed by atoms with Gasteiger partial charge in [0, 0.05) is 25.0 Å². The first-order chi connectivity index (χ1) is 15.0. The van der Waals surface area contributed by atoms with Gasteiger partial charge in [-0.15, -0.1) is 11.3 Å². The number of carbonyl (C=O) groups excluding carboxylic acids is 2. The zero-order chi connectivity index (χ0) is 21.6. The number of pyridine rings is 1. The smallest absolute Gasteiger partial charge is 0.271 e. The van der Waals surface area contributed by atoms with E-state index in [1.165, 1.54) is 6.42 Å². The first-order valence-electron chi connectivity index (χ1n) is 11.1. The Kier molecular flexibility index (Phi) is 5.08. The summed E-state index contributed by atoms with van der Waals surface area (Å²) in [6.45, 7) is 4.92. The maximum atomic E-state index is 13.8. The molecule has 2 amide bonds. The number of hydrogen-bond donors (Lipinski definition) is 1. The van der Waals surface area contributed by atoms with Gasteiger partial charge in [0.25, 0.3) is 5.91 Å². The third-order valence-electron chi connectivity index (χ3n) is 7.03. The Morgan fingerprint density at radius 2 is 2.16 bits per heavy atom. The van der Waals surface area contributed by atoms with Crippen molar-refractivity contribution < 1.29 is 9.59 Å². The maximum Gasteiger partial charge on any atom is 0.271 e. The molecule has 4 heterocycles. The first kappa shape index (κ1) is 20.2. The molecule has 1 saturated carbocycles. The van der Waals surface area contributed by atoms with E-state index < -0.39 is 5.54 Å². The Morgan fingerprint density at radius 1 is 1.32 bits per heavy atom. The van der Waals surface area contributed by atoms with Crippen LogP contribution < -0.4 is 5.32 Å². The summed E-state index contributed by atoms with van der Waals surface area (Å²) in [6.07, 6.45) is 7.99. The average Bonchev–Trinajstić information content (AvgIpc) is 3.36. The number of hydrogen-bond acceptors (Lipinski definition) is 4. The van der Waals surface area contributed by atoms with Crippen LogP contribution in [0.4, 0.5) is 0 Å². The number of thiophene rings is 1. The fraction of sp³-hybridized carbons (Fsp3) is 0.458. The lowest BCUT2D eigenvalue weighted by atomic mass is 9.85.